The number of methoxy groups -OCH3 is 1. The summed E-state index contributed by atoms with van der Waals surface area (Å²) in [6.07, 6.45) is 2.47. The second-order valence-corrected chi connectivity index (χ2v) is 5.33. The van der Waals surface area contributed by atoms with Crippen molar-refractivity contribution in [1.29, 1.82) is 0 Å². The number of hydrogen-bond acceptors (Lipinski definition) is 4. The van der Waals surface area contributed by atoms with Crippen LogP contribution in [-0.4, -0.2) is 43.1 Å². The average Bonchev–Trinajstić information content (AvgIpc) is 2.59. The van der Waals surface area contributed by atoms with Crippen molar-refractivity contribution in [3.8, 4) is 11.5 Å². The molecule has 2 aromatic rings. The number of aromatic nitrogens is 1. The molecule has 5 nitrogen and oxygen atoms in total. The number of nitrogens with zero attached hydrogens (tertiary/aromatic N) is 2. The summed E-state index contributed by atoms with van der Waals surface area (Å²) in [6.45, 7) is 2.56. The van der Waals surface area contributed by atoms with Crippen LogP contribution in [0.2, 0.25) is 0 Å². The highest BCUT2D eigenvalue weighted by Crippen LogP contribution is 2.27. The van der Waals surface area contributed by atoms with Crippen molar-refractivity contribution in [3.63, 3.8) is 0 Å². The number of amides is 1. The number of hydrogen-bond donors (Lipinski definition) is 0. The molecular weight excluding hydrogens is 292 g/mol. The first-order chi connectivity index (χ1) is 11.1. The van der Waals surface area contributed by atoms with Crippen LogP contribution in [-0.2, 0) is 11.2 Å². The third-order valence-electron chi connectivity index (χ3n) is 3.53. The Kier molecular flexibility index (Phi) is 5.97. The second kappa shape index (κ2) is 8.17. The minimum atomic E-state index is -0.0800. The van der Waals surface area contributed by atoms with Crippen LogP contribution in [0.25, 0.3) is 0 Å². The second-order valence-electron chi connectivity index (χ2n) is 5.33. The standard InChI is InChI=1S/C18H22N2O3/c1-14-7-8-16(17(12-14)22-3)23-13-18(21)20(2)11-9-15-6-4-5-10-19-15/h4-8,10,12H,9,11,13H2,1-3H3. The van der Waals surface area contributed by atoms with E-state index in [1.54, 1.807) is 25.3 Å². The van der Waals surface area contributed by atoms with Crippen molar-refractivity contribution in [3.05, 3.63) is 53.9 Å². The largest absolute Gasteiger partial charge is 0.493 e. The molecule has 23 heavy (non-hydrogen) atoms. The zero-order chi connectivity index (χ0) is 16.7. The maximum absolute atomic E-state index is 12.1. The number of aryl methyl sites for hydroxylation is 1. The molecule has 0 aliphatic heterocycles. The maximum Gasteiger partial charge on any atom is 0.260 e. The minimum Gasteiger partial charge on any atom is -0.493 e. The first kappa shape index (κ1) is 16.8. The molecule has 2 rings (SSSR count). The van der Waals surface area contributed by atoms with E-state index in [1.165, 1.54) is 0 Å². The van der Waals surface area contributed by atoms with Gasteiger partial charge in [-0.25, -0.2) is 0 Å². The van der Waals surface area contributed by atoms with Gasteiger partial charge in [0, 0.05) is 31.9 Å². The molecule has 0 saturated heterocycles. The predicted molar refractivity (Wildman–Crippen MR) is 88.8 cm³/mol. The van der Waals surface area contributed by atoms with E-state index < -0.39 is 0 Å². The summed E-state index contributed by atoms with van der Waals surface area (Å²) in [5, 5.41) is 0. The first-order valence-corrected chi connectivity index (χ1v) is 7.51. The Bertz CT molecular complexity index is 644. The van der Waals surface area contributed by atoms with Crippen LogP contribution in [0.3, 0.4) is 0 Å². The Hall–Kier alpha value is -2.56. The van der Waals surface area contributed by atoms with Gasteiger partial charge in [-0.2, -0.15) is 0 Å². The van der Waals surface area contributed by atoms with E-state index in [1.807, 2.05) is 43.3 Å². The molecule has 0 bridgehead atoms. The molecule has 0 unspecified atom stereocenters. The number of carbonyl (C=O) groups excluding carboxylic acids is 1. The van der Waals surface area contributed by atoms with Gasteiger partial charge in [-0.15, -0.1) is 0 Å². The van der Waals surface area contributed by atoms with Crippen LogP contribution in [0.4, 0.5) is 0 Å². The fraction of sp³-hybridized carbons (Fsp3) is 0.333. The highest BCUT2D eigenvalue weighted by Gasteiger charge is 2.12. The molecule has 122 valence electrons. The van der Waals surface area contributed by atoms with E-state index in [4.69, 9.17) is 9.47 Å². The Morgan fingerprint density at radius 3 is 2.74 bits per heavy atom. The van der Waals surface area contributed by atoms with Gasteiger partial charge >= 0.3 is 0 Å². The summed E-state index contributed by atoms with van der Waals surface area (Å²) in [6, 6.07) is 11.4. The van der Waals surface area contributed by atoms with Crippen LogP contribution < -0.4 is 9.47 Å². The fourth-order valence-electron chi connectivity index (χ4n) is 2.10. The van der Waals surface area contributed by atoms with E-state index in [0.717, 1.165) is 17.7 Å². The van der Waals surface area contributed by atoms with Gasteiger partial charge in [0.25, 0.3) is 5.91 Å². The molecule has 1 heterocycles. The summed E-state index contributed by atoms with van der Waals surface area (Å²) >= 11 is 0. The fourth-order valence-corrected chi connectivity index (χ4v) is 2.10. The number of rotatable bonds is 7. The van der Waals surface area contributed by atoms with Gasteiger partial charge in [0.15, 0.2) is 18.1 Å². The Balaban J connectivity index is 1.84. The summed E-state index contributed by atoms with van der Waals surface area (Å²) in [4.78, 5) is 18.0. The van der Waals surface area contributed by atoms with Gasteiger partial charge in [-0.1, -0.05) is 12.1 Å². The molecule has 5 heteroatoms. The molecule has 0 aliphatic carbocycles. The lowest BCUT2D eigenvalue weighted by atomic mass is 10.2. The molecule has 0 spiro atoms. The quantitative estimate of drug-likeness (QED) is 0.788. The van der Waals surface area contributed by atoms with Gasteiger partial charge in [-0.05, 0) is 36.8 Å². The Labute approximate surface area is 136 Å². The molecule has 1 aromatic heterocycles. The number of ether oxygens (including phenoxy) is 2. The highest BCUT2D eigenvalue weighted by molar-refractivity contribution is 5.77. The molecule has 0 N–H and O–H groups in total. The smallest absolute Gasteiger partial charge is 0.260 e. The molecule has 0 radical (unpaired) electrons. The normalized spacial score (nSPS) is 10.2. The minimum absolute atomic E-state index is 0.0157. The van der Waals surface area contributed by atoms with Crippen molar-refractivity contribution in [2.45, 2.75) is 13.3 Å². The summed E-state index contributed by atoms with van der Waals surface area (Å²) < 4.78 is 10.9. The maximum atomic E-state index is 12.1. The highest BCUT2D eigenvalue weighted by atomic mass is 16.5. The van der Waals surface area contributed by atoms with E-state index in [0.29, 0.717) is 18.0 Å². The summed E-state index contributed by atoms with van der Waals surface area (Å²) in [7, 11) is 3.35. The number of likely N-dealkylation sites (N-methyl/N-ethyl adjacent to an activating group) is 1. The van der Waals surface area contributed by atoms with Crippen molar-refractivity contribution >= 4 is 5.91 Å². The van der Waals surface area contributed by atoms with Crippen LogP contribution >= 0.6 is 0 Å². The molecule has 0 atom stereocenters. The average molecular weight is 314 g/mol. The van der Waals surface area contributed by atoms with Crippen molar-refractivity contribution in [1.82, 2.24) is 9.88 Å². The monoisotopic (exact) mass is 314 g/mol. The van der Waals surface area contributed by atoms with E-state index in [9.17, 15) is 4.79 Å². The van der Waals surface area contributed by atoms with Crippen LogP contribution in [0.1, 0.15) is 11.3 Å². The zero-order valence-corrected chi connectivity index (χ0v) is 13.8. The molecule has 1 amide bonds. The molecule has 1 aromatic carbocycles. The number of pyridine rings is 1. The Morgan fingerprint density at radius 2 is 2.04 bits per heavy atom. The topological polar surface area (TPSA) is 51.7 Å². The molecular formula is C18H22N2O3. The SMILES string of the molecule is COc1cc(C)ccc1OCC(=O)N(C)CCc1ccccn1. The predicted octanol–water partition coefficient (Wildman–Crippen LogP) is 2.48. The van der Waals surface area contributed by atoms with E-state index in [-0.39, 0.29) is 12.5 Å². The molecule has 0 saturated carbocycles. The summed E-state index contributed by atoms with van der Waals surface area (Å²) in [5.41, 5.74) is 2.04. The van der Waals surface area contributed by atoms with E-state index in [2.05, 4.69) is 4.98 Å². The van der Waals surface area contributed by atoms with Crippen molar-refractivity contribution in [2.24, 2.45) is 0 Å². The zero-order valence-electron chi connectivity index (χ0n) is 13.8. The van der Waals surface area contributed by atoms with E-state index >= 15 is 0 Å². The lowest BCUT2D eigenvalue weighted by Gasteiger charge is -2.18. The van der Waals surface area contributed by atoms with Crippen LogP contribution in [0.15, 0.2) is 42.6 Å². The molecule has 0 aliphatic rings. The third kappa shape index (κ3) is 4.98. The van der Waals surface area contributed by atoms with Crippen molar-refractivity contribution in [2.75, 3.05) is 27.3 Å². The summed E-state index contributed by atoms with van der Waals surface area (Å²) in [5.74, 6) is 1.13. The van der Waals surface area contributed by atoms with Gasteiger partial charge in [-0.3, -0.25) is 9.78 Å². The number of carbonyl (C=O) groups is 1. The van der Waals surface area contributed by atoms with Gasteiger partial charge < -0.3 is 14.4 Å². The van der Waals surface area contributed by atoms with Crippen LogP contribution in [0, 0.1) is 6.92 Å². The Morgan fingerprint density at radius 1 is 1.22 bits per heavy atom. The third-order valence-corrected chi connectivity index (χ3v) is 3.53. The lowest BCUT2D eigenvalue weighted by Crippen LogP contribution is -2.33. The van der Waals surface area contributed by atoms with Gasteiger partial charge in [0.1, 0.15) is 0 Å². The van der Waals surface area contributed by atoms with Crippen LogP contribution in [0.5, 0.6) is 11.5 Å². The van der Waals surface area contributed by atoms with Crippen molar-refractivity contribution < 1.29 is 14.3 Å². The van der Waals surface area contributed by atoms with Gasteiger partial charge in [0.2, 0.25) is 0 Å². The number of benzene rings is 1. The van der Waals surface area contributed by atoms with Gasteiger partial charge in [0.05, 0.1) is 7.11 Å². The lowest BCUT2D eigenvalue weighted by molar-refractivity contribution is -0.132. The molecule has 0 fully saturated rings. The first-order valence-electron chi connectivity index (χ1n) is 7.51.